The molecular weight excluding hydrogens is 256 g/mol. The van der Waals surface area contributed by atoms with Crippen molar-refractivity contribution in [2.45, 2.75) is 18.7 Å². The lowest BCUT2D eigenvalue weighted by Crippen LogP contribution is -2.01. The zero-order valence-electron chi connectivity index (χ0n) is 7.20. The fourth-order valence-electron chi connectivity index (χ4n) is 1.08. The molecule has 0 spiro atoms. The van der Waals surface area contributed by atoms with E-state index in [0.717, 1.165) is 5.56 Å². The van der Waals surface area contributed by atoms with Gasteiger partial charge in [0.15, 0.2) is 0 Å². The Morgan fingerprint density at radius 1 is 1.31 bits per heavy atom. The summed E-state index contributed by atoms with van der Waals surface area (Å²) in [6.45, 7) is 3.49. The molecule has 0 bridgehead atoms. The lowest BCUT2D eigenvalue weighted by atomic mass is 10.2. The summed E-state index contributed by atoms with van der Waals surface area (Å²) in [5, 5.41) is 0. The molecule has 1 aromatic rings. The highest BCUT2D eigenvalue weighted by Gasteiger charge is 2.15. The smallest absolute Gasteiger partial charge is 0.282 e. The molecule has 0 heterocycles. The summed E-state index contributed by atoms with van der Waals surface area (Å²) in [5.41, 5.74) is 1.47. The molecule has 0 unspecified atom stereocenters. The topological polar surface area (TPSA) is 54.4 Å². The van der Waals surface area contributed by atoms with Crippen molar-refractivity contribution in [3.63, 3.8) is 0 Å². The maximum Gasteiger partial charge on any atom is 0.294 e. The number of benzene rings is 1. The van der Waals surface area contributed by atoms with E-state index in [4.69, 9.17) is 4.55 Å². The molecule has 72 valence electrons. The van der Waals surface area contributed by atoms with Crippen LogP contribution in [0.15, 0.2) is 21.5 Å². The molecule has 1 N–H and O–H groups in total. The highest BCUT2D eigenvalue weighted by atomic mass is 79.9. The van der Waals surface area contributed by atoms with E-state index in [-0.39, 0.29) is 4.90 Å². The fraction of sp³-hybridized carbons (Fsp3) is 0.250. The van der Waals surface area contributed by atoms with E-state index >= 15 is 0 Å². The molecular formula is C8H9BrO3S. The molecule has 1 aromatic carbocycles. The zero-order valence-corrected chi connectivity index (χ0v) is 9.61. The Morgan fingerprint density at radius 2 is 1.85 bits per heavy atom. The standard InChI is InChI=1S/C8H9BrO3S/c1-5-3-4-7(13(10,11)12)6(2)8(5)9/h3-4H,1-2H3,(H,10,11,12). The van der Waals surface area contributed by atoms with Crippen LogP contribution in [0.3, 0.4) is 0 Å². The van der Waals surface area contributed by atoms with Gasteiger partial charge in [0, 0.05) is 4.47 Å². The summed E-state index contributed by atoms with van der Waals surface area (Å²) < 4.78 is 31.3. The first kappa shape index (κ1) is 10.7. The van der Waals surface area contributed by atoms with Gasteiger partial charge in [0.2, 0.25) is 0 Å². The minimum atomic E-state index is -4.10. The highest BCUT2D eigenvalue weighted by Crippen LogP contribution is 2.26. The van der Waals surface area contributed by atoms with Gasteiger partial charge in [-0.25, -0.2) is 0 Å². The molecule has 0 aliphatic heterocycles. The first-order valence-corrected chi connectivity index (χ1v) is 5.80. The van der Waals surface area contributed by atoms with Crippen LogP contribution < -0.4 is 0 Å². The van der Waals surface area contributed by atoms with Crippen molar-refractivity contribution in [3.05, 3.63) is 27.7 Å². The Hall–Kier alpha value is -0.390. The first-order chi connectivity index (χ1) is 5.84. The Bertz CT molecular complexity index is 437. The average molecular weight is 265 g/mol. The molecule has 1 rings (SSSR count). The molecule has 0 radical (unpaired) electrons. The van der Waals surface area contributed by atoms with Crippen molar-refractivity contribution in [1.82, 2.24) is 0 Å². The van der Waals surface area contributed by atoms with Crippen LogP contribution in [0.2, 0.25) is 0 Å². The maximum atomic E-state index is 10.9. The molecule has 0 atom stereocenters. The minimum Gasteiger partial charge on any atom is -0.282 e. The average Bonchev–Trinajstić information content (AvgIpc) is 1.98. The monoisotopic (exact) mass is 264 g/mol. The summed E-state index contributed by atoms with van der Waals surface area (Å²) >= 11 is 3.25. The Morgan fingerprint density at radius 3 is 2.31 bits per heavy atom. The van der Waals surface area contributed by atoms with Gasteiger partial charge in [0.05, 0.1) is 4.90 Å². The van der Waals surface area contributed by atoms with Crippen LogP contribution in [0.5, 0.6) is 0 Å². The van der Waals surface area contributed by atoms with Gasteiger partial charge in [-0.15, -0.1) is 0 Å². The van der Waals surface area contributed by atoms with Crippen LogP contribution in [0, 0.1) is 13.8 Å². The number of halogens is 1. The zero-order chi connectivity index (χ0) is 10.2. The third-order valence-corrected chi connectivity index (χ3v) is 4.03. The van der Waals surface area contributed by atoms with Crippen LogP contribution >= 0.6 is 15.9 Å². The molecule has 0 saturated heterocycles. The van der Waals surface area contributed by atoms with E-state index < -0.39 is 10.1 Å². The van der Waals surface area contributed by atoms with Crippen molar-refractivity contribution in [1.29, 1.82) is 0 Å². The van der Waals surface area contributed by atoms with Gasteiger partial charge in [-0.1, -0.05) is 22.0 Å². The van der Waals surface area contributed by atoms with Crippen molar-refractivity contribution in [2.24, 2.45) is 0 Å². The van der Waals surface area contributed by atoms with Gasteiger partial charge >= 0.3 is 0 Å². The number of hydrogen-bond donors (Lipinski definition) is 1. The molecule has 0 saturated carbocycles. The molecule has 0 amide bonds. The summed E-state index contributed by atoms with van der Waals surface area (Å²) in [7, 11) is -4.10. The van der Waals surface area contributed by atoms with Crippen LogP contribution in [-0.4, -0.2) is 13.0 Å². The normalized spacial score (nSPS) is 11.7. The Balaban J connectivity index is 3.53. The van der Waals surface area contributed by atoms with Crippen molar-refractivity contribution in [3.8, 4) is 0 Å². The van der Waals surface area contributed by atoms with Gasteiger partial charge in [-0.3, -0.25) is 4.55 Å². The quantitative estimate of drug-likeness (QED) is 0.793. The molecule has 0 aliphatic carbocycles. The second kappa shape index (κ2) is 3.40. The predicted octanol–water partition coefficient (Wildman–Crippen LogP) is 2.31. The van der Waals surface area contributed by atoms with Crippen molar-refractivity contribution < 1.29 is 13.0 Å². The summed E-state index contributed by atoms with van der Waals surface area (Å²) in [6.07, 6.45) is 0. The summed E-state index contributed by atoms with van der Waals surface area (Å²) in [4.78, 5) is -0.0509. The van der Waals surface area contributed by atoms with E-state index in [0.29, 0.717) is 10.0 Å². The van der Waals surface area contributed by atoms with Gasteiger partial charge in [-0.2, -0.15) is 8.42 Å². The van der Waals surface area contributed by atoms with Gasteiger partial charge in [0.25, 0.3) is 10.1 Å². The molecule has 13 heavy (non-hydrogen) atoms. The number of hydrogen-bond acceptors (Lipinski definition) is 2. The van der Waals surface area contributed by atoms with Crippen LogP contribution in [-0.2, 0) is 10.1 Å². The minimum absolute atomic E-state index is 0.0509. The van der Waals surface area contributed by atoms with E-state index in [2.05, 4.69) is 15.9 Å². The van der Waals surface area contributed by atoms with Crippen LogP contribution in [0.4, 0.5) is 0 Å². The third kappa shape index (κ3) is 2.10. The van der Waals surface area contributed by atoms with E-state index in [1.54, 1.807) is 13.0 Å². The van der Waals surface area contributed by atoms with Gasteiger partial charge < -0.3 is 0 Å². The fourth-order valence-corrected chi connectivity index (χ4v) is 2.29. The predicted molar refractivity (Wildman–Crippen MR) is 53.4 cm³/mol. The van der Waals surface area contributed by atoms with E-state index in [1.807, 2.05) is 6.92 Å². The summed E-state index contributed by atoms with van der Waals surface area (Å²) in [6, 6.07) is 3.03. The van der Waals surface area contributed by atoms with Crippen molar-refractivity contribution >= 4 is 26.0 Å². The second-order valence-corrected chi connectivity index (χ2v) is 4.98. The largest absolute Gasteiger partial charge is 0.294 e. The second-order valence-electron chi connectivity index (χ2n) is 2.79. The molecule has 0 fully saturated rings. The Kier molecular flexibility index (Phi) is 2.79. The summed E-state index contributed by atoms with van der Waals surface area (Å²) in [5.74, 6) is 0. The SMILES string of the molecule is Cc1ccc(S(=O)(=O)O)c(C)c1Br. The number of rotatable bonds is 1. The van der Waals surface area contributed by atoms with E-state index in [9.17, 15) is 8.42 Å². The third-order valence-electron chi connectivity index (χ3n) is 1.81. The van der Waals surface area contributed by atoms with E-state index in [1.165, 1.54) is 6.07 Å². The first-order valence-electron chi connectivity index (χ1n) is 3.57. The molecule has 5 heteroatoms. The highest BCUT2D eigenvalue weighted by molar-refractivity contribution is 9.10. The number of aryl methyl sites for hydroxylation is 1. The van der Waals surface area contributed by atoms with Crippen molar-refractivity contribution in [2.75, 3.05) is 0 Å². The maximum absolute atomic E-state index is 10.9. The molecule has 0 aliphatic rings. The lowest BCUT2D eigenvalue weighted by molar-refractivity contribution is 0.482. The van der Waals surface area contributed by atoms with Gasteiger partial charge in [-0.05, 0) is 31.0 Å². The van der Waals surface area contributed by atoms with Crippen LogP contribution in [0.25, 0.3) is 0 Å². The van der Waals surface area contributed by atoms with Crippen LogP contribution in [0.1, 0.15) is 11.1 Å². The lowest BCUT2D eigenvalue weighted by Gasteiger charge is -2.06. The molecule has 3 nitrogen and oxygen atoms in total. The Labute approximate surface area is 85.7 Å². The molecule has 0 aromatic heterocycles. The van der Waals surface area contributed by atoms with Gasteiger partial charge in [0.1, 0.15) is 0 Å².